The zero-order chi connectivity index (χ0) is 39.7. The molecular weight excluding hydrogens is 738 g/mol. The Hall–Kier alpha value is -4.62. The van der Waals surface area contributed by atoms with Gasteiger partial charge in [0, 0.05) is 49.7 Å². The smallest absolute Gasteiger partial charge is 0.410 e. The highest BCUT2D eigenvalue weighted by atomic mass is 19.1. The molecule has 3 saturated heterocycles. The number of benzene rings is 2. The first kappa shape index (κ1) is 37.9. The normalized spacial score (nSPS) is 27.4. The summed E-state index contributed by atoms with van der Waals surface area (Å²) in [7, 11) is 1.50. The second-order valence-electron chi connectivity index (χ2n) is 17.0. The lowest BCUT2D eigenvalue weighted by Gasteiger charge is -2.46. The van der Waals surface area contributed by atoms with Crippen molar-refractivity contribution in [3.8, 4) is 18.1 Å². The van der Waals surface area contributed by atoms with Crippen LogP contribution in [0.4, 0.5) is 19.4 Å². The molecule has 2 bridgehead atoms. The molecule has 1 aromatic heterocycles. The number of methoxy groups -OCH3 is 1. The lowest BCUT2D eigenvalue weighted by atomic mass is 9.85. The first-order valence-electron chi connectivity index (χ1n) is 19.7. The van der Waals surface area contributed by atoms with Crippen LogP contribution in [-0.2, 0) is 29.4 Å². The highest BCUT2D eigenvalue weighted by Gasteiger charge is 2.57. The number of aromatic nitrogens is 2. The first-order chi connectivity index (χ1) is 27.4. The third kappa shape index (κ3) is 6.64. The van der Waals surface area contributed by atoms with Crippen molar-refractivity contribution in [3.63, 3.8) is 0 Å². The monoisotopic (exact) mass is 786 g/mol. The van der Waals surface area contributed by atoms with Crippen molar-refractivity contribution in [2.45, 2.75) is 82.1 Å². The van der Waals surface area contributed by atoms with E-state index >= 15 is 8.78 Å². The van der Waals surface area contributed by atoms with E-state index in [2.05, 4.69) is 20.7 Å². The molecule has 2 unspecified atom stereocenters. The summed E-state index contributed by atoms with van der Waals surface area (Å²) in [6, 6.07) is 5.43. The van der Waals surface area contributed by atoms with Gasteiger partial charge in [0.05, 0.1) is 49.2 Å². The third-order valence-electron chi connectivity index (χ3n) is 12.1. The number of morpholine rings is 1. The van der Waals surface area contributed by atoms with Crippen molar-refractivity contribution in [2.75, 3.05) is 71.4 Å². The Balaban J connectivity index is 1.18. The Bertz CT molecular complexity index is 2150. The minimum Gasteiger partial charge on any atom is -0.475 e. The number of carbonyl (C=O) groups is 1. The van der Waals surface area contributed by atoms with Gasteiger partial charge in [-0.05, 0) is 70.0 Å². The van der Waals surface area contributed by atoms with Crippen LogP contribution in [0, 0.1) is 23.6 Å². The highest BCUT2D eigenvalue weighted by Crippen LogP contribution is 2.55. The van der Waals surface area contributed by atoms with Gasteiger partial charge in [0.25, 0.3) is 0 Å². The Morgan fingerprint density at radius 3 is 2.67 bits per heavy atom. The van der Waals surface area contributed by atoms with Gasteiger partial charge in [-0.25, -0.2) is 28.5 Å². The molecule has 0 spiro atoms. The van der Waals surface area contributed by atoms with Crippen LogP contribution in [0.3, 0.4) is 0 Å². The molecule has 5 aliphatic heterocycles. The van der Waals surface area contributed by atoms with Gasteiger partial charge < -0.3 is 33.3 Å². The van der Waals surface area contributed by atoms with E-state index in [-0.39, 0.29) is 77.7 Å². The average Bonchev–Trinajstić information content (AvgIpc) is 3.91. The predicted molar refractivity (Wildman–Crippen MR) is 205 cm³/mol. The van der Waals surface area contributed by atoms with Gasteiger partial charge >= 0.3 is 6.09 Å². The molecule has 1 aliphatic carbocycles. The number of aliphatic imine (C=N–C) groups is 1. The van der Waals surface area contributed by atoms with Gasteiger partial charge in [-0.15, -0.1) is 6.42 Å². The second-order valence-corrected chi connectivity index (χ2v) is 17.0. The molecule has 57 heavy (non-hydrogen) atoms. The number of ether oxygens (including phenoxy) is 6. The molecule has 1 saturated carbocycles. The molecule has 0 N–H and O–H groups in total. The number of fused-ring (bicyclic) bond motifs is 6. The molecule has 3 aromatic rings. The van der Waals surface area contributed by atoms with Crippen LogP contribution >= 0.6 is 0 Å². The van der Waals surface area contributed by atoms with Gasteiger partial charge in [-0.2, -0.15) is 0 Å². The number of hydrogen-bond acceptors (Lipinski definition) is 12. The minimum absolute atomic E-state index is 0.0284. The molecular formula is C42H48F2N6O7. The molecule has 1 amide bonds. The zero-order valence-electron chi connectivity index (χ0n) is 32.8. The maximum absolute atomic E-state index is 18.3. The van der Waals surface area contributed by atoms with Crippen molar-refractivity contribution in [1.82, 2.24) is 19.8 Å². The summed E-state index contributed by atoms with van der Waals surface area (Å²) in [5, 5.41) is 0.769. The average molecular weight is 787 g/mol. The van der Waals surface area contributed by atoms with Crippen LogP contribution in [0.1, 0.15) is 75.0 Å². The summed E-state index contributed by atoms with van der Waals surface area (Å²) in [6.45, 7) is 9.77. The Kier molecular flexibility index (Phi) is 9.54. The molecule has 2 aromatic carbocycles. The Morgan fingerprint density at radius 2 is 1.93 bits per heavy atom. The number of terminal acetylenes is 1. The second kappa shape index (κ2) is 14.3. The number of rotatable bonds is 9. The third-order valence-corrected chi connectivity index (χ3v) is 12.1. The van der Waals surface area contributed by atoms with Crippen molar-refractivity contribution >= 4 is 28.6 Å². The van der Waals surface area contributed by atoms with Gasteiger partial charge in [-0.1, -0.05) is 12.0 Å². The molecule has 15 heteroatoms. The maximum atomic E-state index is 18.3. The summed E-state index contributed by atoms with van der Waals surface area (Å²) in [4.78, 5) is 34.3. The van der Waals surface area contributed by atoms with Crippen molar-refractivity contribution < 1.29 is 42.0 Å². The largest absolute Gasteiger partial charge is 0.475 e. The molecule has 6 heterocycles. The molecule has 4 fully saturated rings. The number of anilines is 1. The number of halogens is 2. The zero-order valence-corrected chi connectivity index (χ0v) is 32.8. The van der Waals surface area contributed by atoms with Crippen LogP contribution < -0.4 is 9.64 Å². The number of amides is 1. The Morgan fingerprint density at radius 1 is 1.12 bits per heavy atom. The highest BCUT2D eigenvalue weighted by molar-refractivity contribution is 6.03. The number of piperazine rings is 1. The topological polar surface area (TPSA) is 120 Å². The Labute approximate surface area is 330 Å². The summed E-state index contributed by atoms with van der Waals surface area (Å²) in [5.41, 5.74) is -2.61. The quantitative estimate of drug-likeness (QED) is 0.203. The maximum Gasteiger partial charge on any atom is 0.410 e. The summed E-state index contributed by atoms with van der Waals surface area (Å²) in [6.07, 6.45) is 8.22. The van der Waals surface area contributed by atoms with Crippen LogP contribution in [0.15, 0.2) is 35.6 Å². The molecule has 13 nitrogen and oxygen atoms in total. The predicted octanol–water partition coefficient (Wildman–Crippen LogP) is 5.47. The van der Waals surface area contributed by atoms with Crippen LogP contribution in [0.25, 0.3) is 10.8 Å². The lowest BCUT2D eigenvalue weighted by Crippen LogP contribution is -2.63. The van der Waals surface area contributed by atoms with E-state index in [9.17, 15) is 4.79 Å². The fourth-order valence-electron chi connectivity index (χ4n) is 9.25. The standard InChI is InChI=1S/C42H48F2N6O7/c1-6-28-30(43)9-7-25-17-27(55-24-52-5)18-29(33(25)28)42(56-22-41(11-12-41)21-48-13-15-53-16-14-48)36(44)35-34-37(46-23-45-35)49-19-26-8-10-31(32(49)20-54-38(34)47-42)50(26)39(51)57-40(2,3)4/h1,7,9,17-18,23,26,31-32,36H,8,10-16,19-22,24H2,2-5H3/t26-,31+,32-,36?,42?/m1/s1. The van der Waals surface area contributed by atoms with Crippen LogP contribution in [0.2, 0.25) is 0 Å². The fraction of sp³-hybridized carbons (Fsp3) is 0.571. The number of carbonyl (C=O) groups excluding carboxylic acids is 1. The number of alkyl halides is 1. The summed E-state index contributed by atoms with van der Waals surface area (Å²) >= 11 is 0. The van der Waals surface area contributed by atoms with Gasteiger partial charge in [0.1, 0.15) is 41.5 Å². The van der Waals surface area contributed by atoms with Gasteiger partial charge in [-0.3, -0.25) is 9.80 Å². The van der Waals surface area contributed by atoms with Crippen molar-refractivity contribution in [1.29, 1.82) is 0 Å². The summed E-state index contributed by atoms with van der Waals surface area (Å²) in [5.74, 6) is 2.76. The number of nitrogens with zero attached hydrogens (tertiary/aromatic N) is 6. The van der Waals surface area contributed by atoms with E-state index in [1.165, 1.54) is 19.5 Å². The molecule has 5 atom stereocenters. The first-order valence-corrected chi connectivity index (χ1v) is 19.7. The van der Waals surface area contributed by atoms with E-state index in [0.717, 1.165) is 45.3 Å². The van der Waals surface area contributed by atoms with Crippen LogP contribution in [-0.4, -0.2) is 122 Å². The van der Waals surface area contributed by atoms with E-state index in [1.807, 2.05) is 25.7 Å². The van der Waals surface area contributed by atoms with E-state index in [0.29, 0.717) is 42.3 Å². The molecule has 9 rings (SSSR count). The minimum atomic E-state index is -2.15. The summed E-state index contributed by atoms with van der Waals surface area (Å²) < 4.78 is 70.3. The van der Waals surface area contributed by atoms with E-state index in [4.69, 9.17) is 44.8 Å². The van der Waals surface area contributed by atoms with Gasteiger partial charge in [0.15, 0.2) is 13.0 Å². The van der Waals surface area contributed by atoms with E-state index in [1.54, 1.807) is 18.2 Å². The SMILES string of the molecule is C#Cc1c(F)ccc2cc(OCOC)cc(C3(OCC4(CN5CCOCC5)CC4)N=C4OC[C@@H]5[C@@H]6CC[C@H](CN5c5ncnc(c54)C3F)N6C(=O)OC(C)(C)C)c12. The lowest BCUT2D eigenvalue weighted by molar-refractivity contribution is -0.121. The van der Waals surface area contributed by atoms with Crippen molar-refractivity contribution in [3.05, 3.63) is 58.8 Å². The fourth-order valence-corrected chi connectivity index (χ4v) is 9.25. The van der Waals surface area contributed by atoms with Crippen LogP contribution in [0.5, 0.6) is 5.75 Å². The van der Waals surface area contributed by atoms with Crippen molar-refractivity contribution in [2.24, 2.45) is 10.4 Å². The number of hydrogen-bond donors (Lipinski definition) is 0. The van der Waals surface area contributed by atoms with E-state index < -0.39 is 23.3 Å². The molecule has 6 aliphatic rings. The molecule has 302 valence electrons. The molecule has 0 radical (unpaired) electrons. The van der Waals surface area contributed by atoms with Gasteiger partial charge in [0.2, 0.25) is 11.6 Å².